The van der Waals surface area contributed by atoms with Crippen LogP contribution in [0.4, 0.5) is 10.1 Å². The number of rotatable bonds is 1. The Bertz CT molecular complexity index is 464. The van der Waals surface area contributed by atoms with Crippen LogP contribution in [0.2, 0.25) is 0 Å². The average Bonchev–Trinajstić information content (AvgIpc) is 2.35. The van der Waals surface area contributed by atoms with Gasteiger partial charge in [-0.2, -0.15) is 0 Å². The second kappa shape index (κ2) is 4.94. The third-order valence-corrected chi connectivity index (χ3v) is 3.49. The van der Waals surface area contributed by atoms with E-state index in [1.807, 2.05) is 7.05 Å². The van der Waals surface area contributed by atoms with Gasteiger partial charge in [-0.25, -0.2) is 4.39 Å². The number of likely N-dealkylation sites (N-methyl/N-ethyl adjacent to an activating group) is 1. The van der Waals surface area contributed by atoms with Crippen LogP contribution in [-0.4, -0.2) is 48.4 Å². The normalized spacial score (nSPS) is 21.1. The number of anilines is 1. The first-order valence-corrected chi connectivity index (χ1v) is 6.03. The molecule has 1 saturated heterocycles. The van der Waals surface area contributed by atoms with Gasteiger partial charge in [0.1, 0.15) is 5.82 Å². The Balaban J connectivity index is 2.14. The number of halogens is 1. The van der Waals surface area contributed by atoms with Gasteiger partial charge in [-0.1, -0.05) is 0 Å². The van der Waals surface area contributed by atoms with E-state index in [0.29, 0.717) is 24.7 Å². The largest absolute Gasteiger partial charge is 0.396 e. The Morgan fingerprint density at radius 2 is 2.17 bits per heavy atom. The highest BCUT2D eigenvalue weighted by molar-refractivity contribution is 5.95. The molecule has 98 valence electrons. The monoisotopic (exact) mass is 251 g/mol. The van der Waals surface area contributed by atoms with Gasteiger partial charge in [0.25, 0.3) is 5.91 Å². The van der Waals surface area contributed by atoms with Crippen LogP contribution in [0.5, 0.6) is 0 Å². The number of nitrogens with zero attached hydrogens (tertiary/aromatic N) is 2. The number of hydrogen-bond donors (Lipinski definition) is 1. The van der Waals surface area contributed by atoms with Crippen molar-refractivity contribution in [3.05, 3.63) is 29.6 Å². The van der Waals surface area contributed by atoms with Crippen molar-refractivity contribution in [1.29, 1.82) is 0 Å². The Morgan fingerprint density at radius 1 is 1.44 bits per heavy atom. The highest BCUT2D eigenvalue weighted by atomic mass is 19.1. The first-order valence-electron chi connectivity index (χ1n) is 6.03. The molecule has 2 rings (SSSR count). The van der Waals surface area contributed by atoms with Gasteiger partial charge in [0, 0.05) is 31.2 Å². The molecule has 0 bridgehead atoms. The fraction of sp³-hybridized carbons (Fsp3) is 0.462. The Kier molecular flexibility index (Phi) is 3.52. The van der Waals surface area contributed by atoms with Crippen LogP contribution in [-0.2, 0) is 0 Å². The van der Waals surface area contributed by atoms with Crippen LogP contribution in [0.15, 0.2) is 18.2 Å². The van der Waals surface area contributed by atoms with Crippen LogP contribution in [0.3, 0.4) is 0 Å². The minimum absolute atomic E-state index is 0.0167. The quantitative estimate of drug-likeness (QED) is 0.763. The Morgan fingerprint density at radius 3 is 2.78 bits per heavy atom. The topological polar surface area (TPSA) is 49.6 Å². The molecule has 18 heavy (non-hydrogen) atoms. The van der Waals surface area contributed by atoms with E-state index in [1.165, 1.54) is 18.2 Å². The van der Waals surface area contributed by atoms with Crippen LogP contribution >= 0.6 is 0 Å². The number of benzene rings is 1. The third-order valence-electron chi connectivity index (χ3n) is 3.49. The number of piperazine rings is 1. The van der Waals surface area contributed by atoms with E-state index < -0.39 is 5.82 Å². The molecule has 1 aliphatic rings. The van der Waals surface area contributed by atoms with E-state index in [1.54, 1.807) is 4.90 Å². The second-order valence-corrected chi connectivity index (χ2v) is 4.82. The average molecular weight is 251 g/mol. The Labute approximate surface area is 106 Å². The van der Waals surface area contributed by atoms with Crippen LogP contribution in [0, 0.1) is 5.82 Å². The van der Waals surface area contributed by atoms with Crippen LogP contribution in [0.25, 0.3) is 0 Å². The molecule has 0 aliphatic carbocycles. The molecule has 4 nitrogen and oxygen atoms in total. The molecule has 0 radical (unpaired) electrons. The standard InChI is InChI=1S/C13H18FN3O/c1-9-8-17(6-5-16(9)2)13(18)10-3-4-11(14)12(15)7-10/h3-4,7,9H,5-6,8,15H2,1-2H3. The van der Waals surface area contributed by atoms with Crippen molar-refractivity contribution >= 4 is 11.6 Å². The molecule has 1 aromatic carbocycles. The molecule has 2 N–H and O–H groups in total. The summed E-state index contributed by atoms with van der Waals surface area (Å²) < 4.78 is 13.1. The molecule has 1 unspecified atom stereocenters. The highest BCUT2D eigenvalue weighted by Crippen LogP contribution is 2.16. The zero-order valence-corrected chi connectivity index (χ0v) is 10.7. The van der Waals surface area contributed by atoms with E-state index in [4.69, 9.17) is 5.73 Å². The predicted molar refractivity (Wildman–Crippen MR) is 68.8 cm³/mol. The van der Waals surface area contributed by atoms with Gasteiger partial charge in [-0.15, -0.1) is 0 Å². The van der Waals surface area contributed by atoms with Crippen molar-refractivity contribution in [2.24, 2.45) is 0 Å². The smallest absolute Gasteiger partial charge is 0.254 e. The third kappa shape index (κ3) is 2.46. The summed E-state index contributed by atoms with van der Waals surface area (Å²) in [5.74, 6) is -0.569. The fourth-order valence-corrected chi connectivity index (χ4v) is 2.09. The van der Waals surface area contributed by atoms with Crippen molar-refractivity contribution < 1.29 is 9.18 Å². The fourth-order valence-electron chi connectivity index (χ4n) is 2.09. The van der Waals surface area contributed by atoms with E-state index in [0.717, 1.165) is 6.54 Å². The van der Waals surface area contributed by atoms with Crippen LogP contribution in [0.1, 0.15) is 17.3 Å². The molecule has 1 atom stereocenters. The van der Waals surface area contributed by atoms with Crippen molar-refractivity contribution in [3.8, 4) is 0 Å². The zero-order chi connectivity index (χ0) is 13.3. The van der Waals surface area contributed by atoms with Gasteiger partial charge < -0.3 is 15.5 Å². The van der Waals surface area contributed by atoms with Crippen molar-refractivity contribution in [3.63, 3.8) is 0 Å². The highest BCUT2D eigenvalue weighted by Gasteiger charge is 2.25. The molecule has 5 heteroatoms. The molecule has 1 amide bonds. The summed E-state index contributed by atoms with van der Waals surface area (Å²) in [7, 11) is 2.04. The maximum Gasteiger partial charge on any atom is 0.254 e. The SMILES string of the molecule is CC1CN(C(=O)c2ccc(F)c(N)c2)CCN1C. The summed E-state index contributed by atoms with van der Waals surface area (Å²) >= 11 is 0. The number of carbonyl (C=O) groups excluding carboxylic acids is 1. The summed E-state index contributed by atoms with van der Waals surface area (Å²) in [6, 6.07) is 4.46. The number of nitrogens with two attached hydrogens (primary N) is 1. The summed E-state index contributed by atoms with van der Waals surface area (Å²) in [5.41, 5.74) is 5.95. The number of carbonyl (C=O) groups is 1. The lowest BCUT2D eigenvalue weighted by Crippen LogP contribution is -2.52. The van der Waals surface area contributed by atoms with Gasteiger partial charge in [0.2, 0.25) is 0 Å². The van der Waals surface area contributed by atoms with Gasteiger partial charge in [-0.3, -0.25) is 4.79 Å². The summed E-state index contributed by atoms with van der Waals surface area (Å²) in [6.07, 6.45) is 0. The molecule has 0 spiro atoms. The maximum absolute atomic E-state index is 13.1. The number of amides is 1. The number of nitrogen functional groups attached to an aromatic ring is 1. The minimum atomic E-state index is -0.488. The zero-order valence-electron chi connectivity index (χ0n) is 10.7. The van der Waals surface area contributed by atoms with Crippen molar-refractivity contribution in [1.82, 2.24) is 9.80 Å². The van der Waals surface area contributed by atoms with Gasteiger partial charge in [0.05, 0.1) is 5.69 Å². The lowest BCUT2D eigenvalue weighted by Gasteiger charge is -2.37. The van der Waals surface area contributed by atoms with Crippen molar-refractivity contribution in [2.75, 3.05) is 32.4 Å². The van der Waals surface area contributed by atoms with E-state index in [9.17, 15) is 9.18 Å². The van der Waals surface area contributed by atoms with Crippen molar-refractivity contribution in [2.45, 2.75) is 13.0 Å². The second-order valence-electron chi connectivity index (χ2n) is 4.82. The lowest BCUT2D eigenvalue weighted by atomic mass is 10.1. The summed E-state index contributed by atoms with van der Waals surface area (Å²) in [4.78, 5) is 16.2. The summed E-state index contributed by atoms with van der Waals surface area (Å²) in [5, 5.41) is 0. The molecular formula is C13H18FN3O. The van der Waals surface area contributed by atoms with Gasteiger partial charge in [-0.05, 0) is 32.2 Å². The molecule has 1 aromatic rings. The van der Waals surface area contributed by atoms with E-state index >= 15 is 0 Å². The summed E-state index contributed by atoms with van der Waals surface area (Å²) in [6.45, 7) is 4.31. The first-order chi connectivity index (χ1) is 8.49. The molecular weight excluding hydrogens is 233 g/mol. The number of hydrogen-bond acceptors (Lipinski definition) is 3. The van der Waals surface area contributed by atoms with Crippen LogP contribution < -0.4 is 5.73 Å². The minimum Gasteiger partial charge on any atom is -0.396 e. The van der Waals surface area contributed by atoms with Gasteiger partial charge >= 0.3 is 0 Å². The van der Waals surface area contributed by atoms with E-state index in [2.05, 4.69) is 11.8 Å². The van der Waals surface area contributed by atoms with E-state index in [-0.39, 0.29) is 11.6 Å². The Hall–Kier alpha value is -1.62. The molecule has 0 aromatic heterocycles. The molecule has 1 heterocycles. The predicted octanol–water partition coefficient (Wildman–Crippen LogP) is 1.18. The molecule has 1 fully saturated rings. The lowest BCUT2D eigenvalue weighted by molar-refractivity contribution is 0.0572. The molecule has 0 saturated carbocycles. The first kappa shape index (κ1) is 12.8. The maximum atomic E-state index is 13.1. The van der Waals surface area contributed by atoms with Gasteiger partial charge in [0.15, 0.2) is 0 Å². The molecule has 1 aliphatic heterocycles.